The second-order valence-electron chi connectivity index (χ2n) is 5.60. The first-order valence-electron chi connectivity index (χ1n) is 7.24. The van der Waals surface area contributed by atoms with Crippen LogP contribution in [0.15, 0.2) is 36.4 Å². The van der Waals surface area contributed by atoms with Gasteiger partial charge in [-0.05, 0) is 61.6 Å². The lowest BCUT2D eigenvalue weighted by Gasteiger charge is -2.31. The van der Waals surface area contributed by atoms with Crippen LogP contribution in [-0.2, 0) is 6.42 Å². The van der Waals surface area contributed by atoms with Gasteiger partial charge in [-0.1, -0.05) is 18.2 Å². The largest absolute Gasteiger partial charge is 0.308 e. The Kier molecular flexibility index (Phi) is 3.50. The predicted octanol–water partition coefficient (Wildman–Crippen LogP) is 4.04. The number of aryl methyl sites for hydroxylation is 3. The number of hydrogen-bond acceptors (Lipinski definition) is 1. The van der Waals surface area contributed by atoms with Gasteiger partial charge < -0.3 is 4.90 Å². The van der Waals surface area contributed by atoms with E-state index in [1.165, 1.54) is 17.7 Å². The highest BCUT2D eigenvalue weighted by atomic mass is 19.1. The van der Waals surface area contributed by atoms with Crippen LogP contribution in [0.1, 0.15) is 33.5 Å². The number of nitrogens with zero attached hydrogens (tertiary/aromatic N) is 1. The topological polar surface area (TPSA) is 20.3 Å². The van der Waals surface area contributed by atoms with Crippen molar-refractivity contribution >= 4 is 11.6 Å². The summed E-state index contributed by atoms with van der Waals surface area (Å²) < 4.78 is 13.2. The Morgan fingerprint density at radius 3 is 2.71 bits per heavy atom. The molecule has 0 radical (unpaired) electrons. The highest BCUT2D eigenvalue weighted by Gasteiger charge is 2.25. The molecule has 3 rings (SSSR count). The maximum Gasteiger partial charge on any atom is 0.258 e. The highest BCUT2D eigenvalue weighted by molar-refractivity contribution is 6.08. The average Bonchev–Trinajstić information content (AvgIpc) is 2.46. The number of hydrogen-bond donors (Lipinski definition) is 0. The zero-order chi connectivity index (χ0) is 15.0. The molecular formula is C18H18FNO. The second kappa shape index (κ2) is 5.32. The number of fused-ring (bicyclic) bond motifs is 1. The molecule has 2 nitrogen and oxygen atoms in total. The van der Waals surface area contributed by atoms with E-state index in [-0.39, 0.29) is 11.7 Å². The minimum atomic E-state index is -0.306. The van der Waals surface area contributed by atoms with Crippen molar-refractivity contribution in [1.29, 1.82) is 0 Å². The molecule has 0 unspecified atom stereocenters. The van der Waals surface area contributed by atoms with Crippen LogP contribution in [0, 0.1) is 19.7 Å². The van der Waals surface area contributed by atoms with Crippen LogP contribution in [0.2, 0.25) is 0 Å². The molecule has 1 aliphatic rings. The van der Waals surface area contributed by atoms with E-state index < -0.39 is 0 Å². The van der Waals surface area contributed by atoms with E-state index in [1.807, 2.05) is 24.0 Å². The molecule has 0 fully saturated rings. The van der Waals surface area contributed by atoms with Gasteiger partial charge in [0.1, 0.15) is 5.82 Å². The maximum atomic E-state index is 13.2. The molecule has 0 saturated carbocycles. The van der Waals surface area contributed by atoms with Gasteiger partial charge in [-0.15, -0.1) is 0 Å². The SMILES string of the molecule is Cc1cc(F)ccc1C(=O)N1CCCc2cccc(C)c21. The summed E-state index contributed by atoms with van der Waals surface area (Å²) in [4.78, 5) is 14.7. The molecule has 0 saturated heterocycles. The van der Waals surface area contributed by atoms with Crippen LogP contribution >= 0.6 is 0 Å². The number of carbonyl (C=O) groups excluding carboxylic acids is 1. The third-order valence-corrected chi connectivity index (χ3v) is 4.08. The Balaban J connectivity index is 2.04. The summed E-state index contributed by atoms with van der Waals surface area (Å²) in [6, 6.07) is 10.5. The minimum absolute atomic E-state index is 0.0391. The molecule has 2 aromatic carbocycles. The van der Waals surface area contributed by atoms with Gasteiger partial charge in [0.15, 0.2) is 0 Å². The van der Waals surface area contributed by atoms with E-state index in [2.05, 4.69) is 6.07 Å². The summed E-state index contributed by atoms with van der Waals surface area (Å²) in [6.45, 7) is 4.52. The summed E-state index contributed by atoms with van der Waals surface area (Å²) in [5.74, 6) is -0.345. The summed E-state index contributed by atoms with van der Waals surface area (Å²) in [7, 11) is 0. The zero-order valence-corrected chi connectivity index (χ0v) is 12.3. The molecule has 1 aliphatic heterocycles. The second-order valence-corrected chi connectivity index (χ2v) is 5.60. The van der Waals surface area contributed by atoms with Crippen LogP contribution in [0.4, 0.5) is 10.1 Å². The van der Waals surface area contributed by atoms with Crippen molar-refractivity contribution in [3.05, 3.63) is 64.5 Å². The molecule has 2 aromatic rings. The third-order valence-electron chi connectivity index (χ3n) is 4.08. The molecule has 3 heteroatoms. The van der Waals surface area contributed by atoms with Gasteiger partial charge in [0.05, 0.1) is 5.69 Å². The zero-order valence-electron chi connectivity index (χ0n) is 12.3. The van der Waals surface area contributed by atoms with Crippen molar-refractivity contribution in [1.82, 2.24) is 0 Å². The standard InChI is InChI=1S/C18H18FNO/c1-12-5-3-6-14-7-4-10-20(17(12)14)18(21)16-9-8-15(19)11-13(16)2/h3,5-6,8-9,11H,4,7,10H2,1-2H3. The smallest absolute Gasteiger partial charge is 0.258 e. The summed E-state index contributed by atoms with van der Waals surface area (Å²) in [5.41, 5.74) is 4.61. The van der Waals surface area contributed by atoms with E-state index in [4.69, 9.17) is 0 Å². The Bertz CT molecular complexity index is 708. The molecule has 0 bridgehead atoms. The van der Waals surface area contributed by atoms with Crippen LogP contribution < -0.4 is 4.90 Å². The molecule has 108 valence electrons. The molecule has 0 aliphatic carbocycles. The first-order valence-corrected chi connectivity index (χ1v) is 7.24. The quantitative estimate of drug-likeness (QED) is 0.773. The van der Waals surface area contributed by atoms with Gasteiger partial charge in [-0.2, -0.15) is 0 Å². The van der Waals surface area contributed by atoms with Crippen LogP contribution in [0.5, 0.6) is 0 Å². The highest BCUT2D eigenvalue weighted by Crippen LogP contribution is 2.32. The fourth-order valence-corrected chi connectivity index (χ4v) is 3.06. The summed E-state index contributed by atoms with van der Waals surface area (Å²) in [6.07, 6.45) is 1.96. The lowest BCUT2D eigenvalue weighted by Crippen LogP contribution is -2.36. The van der Waals surface area contributed by atoms with Gasteiger partial charge in [0.25, 0.3) is 5.91 Å². The van der Waals surface area contributed by atoms with Crippen molar-refractivity contribution in [2.45, 2.75) is 26.7 Å². The van der Waals surface area contributed by atoms with Crippen LogP contribution in [0.25, 0.3) is 0 Å². The Morgan fingerprint density at radius 1 is 1.14 bits per heavy atom. The van der Waals surface area contributed by atoms with E-state index in [0.717, 1.165) is 24.1 Å². The predicted molar refractivity (Wildman–Crippen MR) is 82.3 cm³/mol. The molecule has 1 amide bonds. The molecular weight excluding hydrogens is 265 g/mol. The first kappa shape index (κ1) is 13.8. The van der Waals surface area contributed by atoms with Crippen molar-refractivity contribution < 1.29 is 9.18 Å². The number of rotatable bonds is 1. The lowest BCUT2D eigenvalue weighted by atomic mass is 9.97. The summed E-state index contributed by atoms with van der Waals surface area (Å²) >= 11 is 0. The molecule has 1 heterocycles. The molecule has 21 heavy (non-hydrogen) atoms. The number of anilines is 1. The minimum Gasteiger partial charge on any atom is -0.308 e. The van der Waals surface area contributed by atoms with Crippen molar-refractivity contribution in [2.24, 2.45) is 0 Å². The van der Waals surface area contributed by atoms with Gasteiger partial charge >= 0.3 is 0 Å². The van der Waals surface area contributed by atoms with Crippen molar-refractivity contribution in [3.8, 4) is 0 Å². The number of carbonyl (C=O) groups is 1. The third kappa shape index (κ3) is 2.44. The molecule has 0 spiro atoms. The van der Waals surface area contributed by atoms with E-state index in [9.17, 15) is 9.18 Å². The normalized spacial score (nSPS) is 14.0. The van der Waals surface area contributed by atoms with Gasteiger partial charge in [0, 0.05) is 12.1 Å². The maximum absolute atomic E-state index is 13.2. The van der Waals surface area contributed by atoms with Crippen LogP contribution in [0.3, 0.4) is 0 Å². The van der Waals surface area contributed by atoms with E-state index in [1.54, 1.807) is 13.0 Å². The van der Waals surface area contributed by atoms with Crippen molar-refractivity contribution in [3.63, 3.8) is 0 Å². The average molecular weight is 283 g/mol. The Morgan fingerprint density at radius 2 is 1.95 bits per heavy atom. The number of halogens is 1. The van der Waals surface area contributed by atoms with Gasteiger partial charge in [-0.3, -0.25) is 4.79 Å². The lowest BCUT2D eigenvalue weighted by molar-refractivity contribution is 0.0984. The monoisotopic (exact) mass is 283 g/mol. The first-order chi connectivity index (χ1) is 10.1. The van der Waals surface area contributed by atoms with Gasteiger partial charge in [-0.25, -0.2) is 4.39 Å². The fourth-order valence-electron chi connectivity index (χ4n) is 3.06. The molecule has 0 aromatic heterocycles. The Hall–Kier alpha value is -2.16. The van der Waals surface area contributed by atoms with Gasteiger partial charge in [0.2, 0.25) is 0 Å². The number of para-hydroxylation sites is 1. The Labute approximate surface area is 124 Å². The number of benzene rings is 2. The van der Waals surface area contributed by atoms with E-state index in [0.29, 0.717) is 17.7 Å². The summed E-state index contributed by atoms with van der Waals surface area (Å²) in [5, 5.41) is 0. The fraction of sp³-hybridized carbons (Fsp3) is 0.278. The van der Waals surface area contributed by atoms with E-state index >= 15 is 0 Å². The number of amides is 1. The van der Waals surface area contributed by atoms with Crippen molar-refractivity contribution in [2.75, 3.05) is 11.4 Å². The molecule has 0 atom stereocenters. The molecule has 0 N–H and O–H groups in total. The van der Waals surface area contributed by atoms with Crippen LogP contribution in [-0.4, -0.2) is 12.5 Å².